The molecule has 1 amide bonds. The summed E-state index contributed by atoms with van der Waals surface area (Å²) in [7, 11) is 1.93. The third-order valence-corrected chi connectivity index (χ3v) is 5.30. The summed E-state index contributed by atoms with van der Waals surface area (Å²) in [5.74, 6) is 0.0659. The lowest BCUT2D eigenvalue weighted by atomic mass is 9.75. The molecule has 1 fully saturated rings. The van der Waals surface area contributed by atoms with E-state index in [1.807, 2.05) is 53.8 Å². The van der Waals surface area contributed by atoms with Crippen molar-refractivity contribution in [2.24, 2.45) is 12.5 Å². The number of rotatable bonds is 4. The van der Waals surface area contributed by atoms with Crippen LogP contribution in [-0.2, 0) is 13.5 Å². The Hall–Kier alpha value is -2.07. The summed E-state index contributed by atoms with van der Waals surface area (Å²) in [6, 6.07) is 14.1. The van der Waals surface area contributed by atoms with Crippen molar-refractivity contribution in [3.8, 4) is 0 Å². The van der Waals surface area contributed by atoms with E-state index in [9.17, 15) is 9.90 Å². The number of likely N-dealkylation sites (tertiary alicyclic amines) is 1. The van der Waals surface area contributed by atoms with E-state index < -0.39 is 0 Å². The molecule has 128 valence electrons. The third-order valence-electron chi connectivity index (χ3n) is 5.30. The number of aliphatic hydroxyl groups is 1. The first-order valence-electron chi connectivity index (χ1n) is 8.61. The molecule has 1 aromatic carbocycles. The average Bonchev–Trinajstić information content (AvgIpc) is 2.94. The van der Waals surface area contributed by atoms with Gasteiger partial charge in [-0.2, -0.15) is 0 Å². The normalized spacial score (nSPS) is 21.0. The predicted octanol–water partition coefficient (Wildman–Crippen LogP) is 2.79. The average molecular weight is 326 g/mol. The molecular formula is C20H26N2O2. The molecule has 2 aromatic rings. The molecule has 0 bridgehead atoms. The van der Waals surface area contributed by atoms with Crippen LogP contribution in [0.15, 0.2) is 42.5 Å². The van der Waals surface area contributed by atoms with Gasteiger partial charge in [0.25, 0.3) is 5.91 Å². The maximum Gasteiger partial charge on any atom is 0.270 e. The van der Waals surface area contributed by atoms with E-state index in [2.05, 4.69) is 12.1 Å². The van der Waals surface area contributed by atoms with Gasteiger partial charge < -0.3 is 14.6 Å². The van der Waals surface area contributed by atoms with Crippen molar-refractivity contribution < 1.29 is 9.90 Å². The van der Waals surface area contributed by atoms with Crippen molar-refractivity contribution in [2.45, 2.75) is 26.2 Å². The molecule has 4 nitrogen and oxygen atoms in total. The van der Waals surface area contributed by atoms with Crippen molar-refractivity contribution in [1.82, 2.24) is 9.47 Å². The molecular weight excluding hydrogens is 300 g/mol. The molecule has 3 rings (SSSR count). The van der Waals surface area contributed by atoms with Gasteiger partial charge in [-0.05, 0) is 43.9 Å². The number of aliphatic hydroxyl groups excluding tert-OH is 1. The smallest absolute Gasteiger partial charge is 0.270 e. The number of aryl methyl sites for hydroxylation is 1. The van der Waals surface area contributed by atoms with E-state index in [1.54, 1.807) is 0 Å². The molecule has 1 aliphatic heterocycles. The first-order valence-corrected chi connectivity index (χ1v) is 8.61. The van der Waals surface area contributed by atoms with E-state index in [0.717, 1.165) is 37.2 Å². The summed E-state index contributed by atoms with van der Waals surface area (Å²) in [6.45, 7) is 3.49. The molecule has 1 saturated heterocycles. The van der Waals surface area contributed by atoms with Crippen LogP contribution in [0.2, 0.25) is 0 Å². The largest absolute Gasteiger partial charge is 0.396 e. The fourth-order valence-electron chi connectivity index (χ4n) is 3.73. The fraction of sp³-hybridized carbons (Fsp3) is 0.450. The third kappa shape index (κ3) is 3.24. The number of nitrogens with zero attached hydrogens (tertiary/aromatic N) is 2. The number of hydrogen-bond donors (Lipinski definition) is 1. The second-order valence-corrected chi connectivity index (χ2v) is 7.07. The van der Waals surface area contributed by atoms with Crippen molar-refractivity contribution in [2.75, 3.05) is 19.7 Å². The standard InChI is InChI=1S/C20H26N2O2/c1-16-9-10-18(21(16)2)19(24)22-12-6-11-20(14-22,15-23)13-17-7-4-3-5-8-17/h3-5,7-10,23H,6,11-15H2,1-2H3. The number of piperidine rings is 1. The van der Waals surface area contributed by atoms with E-state index in [1.165, 1.54) is 5.56 Å². The molecule has 4 heteroatoms. The van der Waals surface area contributed by atoms with Gasteiger partial charge in [0.05, 0.1) is 6.61 Å². The highest BCUT2D eigenvalue weighted by Gasteiger charge is 2.37. The summed E-state index contributed by atoms with van der Waals surface area (Å²) in [6.07, 6.45) is 2.69. The first-order chi connectivity index (χ1) is 11.5. The summed E-state index contributed by atoms with van der Waals surface area (Å²) in [5, 5.41) is 10.1. The van der Waals surface area contributed by atoms with Crippen LogP contribution in [0.1, 0.15) is 34.6 Å². The number of aromatic nitrogens is 1. The van der Waals surface area contributed by atoms with E-state index in [0.29, 0.717) is 6.54 Å². The maximum absolute atomic E-state index is 12.9. The zero-order chi connectivity index (χ0) is 17.2. The zero-order valence-corrected chi connectivity index (χ0v) is 14.5. The van der Waals surface area contributed by atoms with Crippen LogP contribution >= 0.6 is 0 Å². The summed E-state index contributed by atoms with van der Waals surface area (Å²) in [5.41, 5.74) is 2.78. The van der Waals surface area contributed by atoms with Gasteiger partial charge in [0.1, 0.15) is 5.69 Å². The van der Waals surface area contributed by atoms with Crippen molar-refractivity contribution in [1.29, 1.82) is 0 Å². The molecule has 0 radical (unpaired) electrons. The van der Waals surface area contributed by atoms with E-state index >= 15 is 0 Å². The van der Waals surface area contributed by atoms with Crippen LogP contribution in [0.25, 0.3) is 0 Å². The van der Waals surface area contributed by atoms with Crippen LogP contribution in [0.4, 0.5) is 0 Å². The van der Waals surface area contributed by atoms with Crippen LogP contribution in [0.3, 0.4) is 0 Å². The van der Waals surface area contributed by atoms with Crippen LogP contribution in [-0.4, -0.2) is 40.2 Å². The maximum atomic E-state index is 12.9. The van der Waals surface area contributed by atoms with Gasteiger partial charge in [0.2, 0.25) is 0 Å². The molecule has 1 aliphatic rings. The minimum absolute atomic E-state index is 0.0659. The van der Waals surface area contributed by atoms with Gasteiger partial charge in [-0.3, -0.25) is 4.79 Å². The Morgan fingerprint density at radius 3 is 2.58 bits per heavy atom. The van der Waals surface area contributed by atoms with Crippen LogP contribution < -0.4 is 0 Å². The molecule has 0 saturated carbocycles. The minimum atomic E-state index is -0.241. The summed E-state index contributed by atoms with van der Waals surface area (Å²) >= 11 is 0. The van der Waals surface area contributed by atoms with Gasteiger partial charge in [-0.1, -0.05) is 30.3 Å². The van der Waals surface area contributed by atoms with Gasteiger partial charge in [0, 0.05) is 31.2 Å². The highest BCUT2D eigenvalue weighted by atomic mass is 16.3. The number of carbonyl (C=O) groups is 1. The molecule has 1 aromatic heterocycles. The molecule has 1 atom stereocenters. The Balaban J connectivity index is 1.79. The molecule has 0 spiro atoms. The topological polar surface area (TPSA) is 45.5 Å². The van der Waals surface area contributed by atoms with Crippen molar-refractivity contribution in [3.63, 3.8) is 0 Å². The van der Waals surface area contributed by atoms with Crippen LogP contribution in [0, 0.1) is 12.3 Å². The predicted molar refractivity (Wildman–Crippen MR) is 95.0 cm³/mol. The molecule has 0 aliphatic carbocycles. The van der Waals surface area contributed by atoms with Crippen LogP contribution in [0.5, 0.6) is 0 Å². The van der Waals surface area contributed by atoms with Gasteiger partial charge in [0.15, 0.2) is 0 Å². The molecule has 1 unspecified atom stereocenters. The van der Waals surface area contributed by atoms with Crippen molar-refractivity contribution in [3.05, 3.63) is 59.4 Å². The highest BCUT2D eigenvalue weighted by Crippen LogP contribution is 2.34. The Bertz CT molecular complexity index is 708. The second-order valence-electron chi connectivity index (χ2n) is 7.07. The Morgan fingerprint density at radius 1 is 1.21 bits per heavy atom. The second kappa shape index (κ2) is 6.81. The molecule has 2 heterocycles. The fourth-order valence-corrected chi connectivity index (χ4v) is 3.73. The molecule has 1 N–H and O–H groups in total. The monoisotopic (exact) mass is 326 g/mol. The van der Waals surface area contributed by atoms with E-state index in [4.69, 9.17) is 0 Å². The number of benzene rings is 1. The zero-order valence-electron chi connectivity index (χ0n) is 14.5. The molecule has 24 heavy (non-hydrogen) atoms. The minimum Gasteiger partial charge on any atom is -0.396 e. The van der Waals surface area contributed by atoms with Gasteiger partial charge in [-0.15, -0.1) is 0 Å². The lowest BCUT2D eigenvalue weighted by Gasteiger charge is -2.42. The van der Waals surface area contributed by atoms with Crippen molar-refractivity contribution >= 4 is 5.91 Å². The lowest BCUT2D eigenvalue weighted by Crippen LogP contribution is -2.49. The quantitative estimate of drug-likeness (QED) is 0.939. The number of hydrogen-bond acceptors (Lipinski definition) is 2. The Morgan fingerprint density at radius 2 is 1.96 bits per heavy atom. The number of amides is 1. The summed E-state index contributed by atoms with van der Waals surface area (Å²) in [4.78, 5) is 14.8. The Labute approximate surface area is 143 Å². The lowest BCUT2D eigenvalue weighted by molar-refractivity contribution is 0.0266. The summed E-state index contributed by atoms with van der Waals surface area (Å²) < 4.78 is 1.94. The SMILES string of the molecule is Cc1ccc(C(=O)N2CCCC(CO)(Cc3ccccc3)C2)n1C. The first kappa shape index (κ1) is 16.8. The Kier molecular flexibility index (Phi) is 4.76. The van der Waals surface area contributed by atoms with Gasteiger partial charge >= 0.3 is 0 Å². The highest BCUT2D eigenvalue weighted by molar-refractivity contribution is 5.93. The number of carbonyl (C=O) groups excluding carboxylic acids is 1. The van der Waals surface area contributed by atoms with Gasteiger partial charge in [-0.25, -0.2) is 0 Å². The van der Waals surface area contributed by atoms with E-state index in [-0.39, 0.29) is 17.9 Å².